The zero-order valence-corrected chi connectivity index (χ0v) is 7.24. The van der Waals surface area contributed by atoms with E-state index in [1.807, 2.05) is 31.2 Å². The van der Waals surface area contributed by atoms with E-state index in [2.05, 4.69) is 5.48 Å². The second-order valence-electron chi connectivity index (χ2n) is 2.59. The molecule has 0 heterocycles. The molecule has 0 fully saturated rings. The van der Waals surface area contributed by atoms with E-state index in [9.17, 15) is 0 Å². The van der Waals surface area contributed by atoms with Crippen molar-refractivity contribution in [1.29, 1.82) is 0 Å². The van der Waals surface area contributed by atoms with Crippen molar-refractivity contribution in [3.63, 3.8) is 0 Å². The molecule has 3 heteroatoms. The van der Waals surface area contributed by atoms with Crippen LogP contribution in [-0.4, -0.2) is 12.3 Å². The Balaban J connectivity index is 2.96. The molecule has 1 aromatic rings. The van der Waals surface area contributed by atoms with Gasteiger partial charge < -0.3 is 9.94 Å². The Hall–Kier alpha value is -1.06. The van der Waals surface area contributed by atoms with Crippen molar-refractivity contribution in [2.24, 2.45) is 0 Å². The van der Waals surface area contributed by atoms with Crippen molar-refractivity contribution in [2.75, 3.05) is 7.11 Å². The van der Waals surface area contributed by atoms with E-state index in [4.69, 9.17) is 9.94 Å². The SMILES string of the molecule is COc1ccccc1[C@@H](C)NO. The van der Waals surface area contributed by atoms with Crippen molar-refractivity contribution in [1.82, 2.24) is 5.48 Å². The van der Waals surface area contributed by atoms with Gasteiger partial charge in [-0.3, -0.25) is 0 Å². The van der Waals surface area contributed by atoms with Gasteiger partial charge in [0.25, 0.3) is 0 Å². The molecule has 0 saturated carbocycles. The van der Waals surface area contributed by atoms with Crippen LogP contribution in [0.2, 0.25) is 0 Å². The molecule has 2 N–H and O–H groups in total. The third-order valence-corrected chi connectivity index (χ3v) is 1.80. The number of ether oxygens (including phenoxy) is 1. The summed E-state index contributed by atoms with van der Waals surface area (Å²) in [7, 11) is 1.61. The van der Waals surface area contributed by atoms with E-state index in [1.165, 1.54) is 0 Å². The molecule has 12 heavy (non-hydrogen) atoms. The zero-order chi connectivity index (χ0) is 8.97. The summed E-state index contributed by atoms with van der Waals surface area (Å²) < 4.78 is 5.12. The van der Waals surface area contributed by atoms with Gasteiger partial charge in [-0.05, 0) is 13.0 Å². The summed E-state index contributed by atoms with van der Waals surface area (Å²) in [4.78, 5) is 0. The molecule has 0 radical (unpaired) electrons. The minimum atomic E-state index is -0.110. The normalized spacial score (nSPS) is 12.6. The topological polar surface area (TPSA) is 41.5 Å². The first kappa shape index (κ1) is 9.03. The van der Waals surface area contributed by atoms with Gasteiger partial charge in [0.05, 0.1) is 13.2 Å². The zero-order valence-electron chi connectivity index (χ0n) is 7.24. The summed E-state index contributed by atoms with van der Waals surface area (Å²) in [5, 5.41) is 8.70. The predicted molar refractivity (Wildman–Crippen MR) is 46.3 cm³/mol. The van der Waals surface area contributed by atoms with Crippen LogP contribution in [0.25, 0.3) is 0 Å². The van der Waals surface area contributed by atoms with Crippen molar-refractivity contribution in [3.05, 3.63) is 29.8 Å². The maximum atomic E-state index is 8.70. The smallest absolute Gasteiger partial charge is 0.123 e. The Morgan fingerprint density at radius 1 is 1.42 bits per heavy atom. The highest BCUT2D eigenvalue weighted by molar-refractivity contribution is 5.35. The van der Waals surface area contributed by atoms with Crippen molar-refractivity contribution in [3.8, 4) is 5.75 Å². The van der Waals surface area contributed by atoms with E-state index in [-0.39, 0.29) is 6.04 Å². The summed E-state index contributed by atoms with van der Waals surface area (Å²) in [6, 6.07) is 7.47. The lowest BCUT2D eigenvalue weighted by Crippen LogP contribution is -2.13. The van der Waals surface area contributed by atoms with Crippen molar-refractivity contribution < 1.29 is 9.94 Å². The van der Waals surface area contributed by atoms with Gasteiger partial charge >= 0.3 is 0 Å². The van der Waals surface area contributed by atoms with Crippen LogP contribution in [0.5, 0.6) is 5.75 Å². The first-order valence-electron chi connectivity index (χ1n) is 3.82. The molecule has 0 unspecified atom stereocenters. The molecular formula is C9H13NO2. The summed E-state index contributed by atoms with van der Waals surface area (Å²) in [6.07, 6.45) is 0. The van der Waals surface area contributed by atoms with Gasteiger partial charge in [-0.15, -0.1) is 0 Å². The highest BCUT2D eigenvalue weighted by Gasteiger charge is 2.08. The molecule has 1 atom stereocenters. The Morgan fingerprint density at radius 3 is 2.67 bits per heavy atom. The summed E-state index contributed by atoms with van der Waals surface area (Å²) in [5.41, 5.74) is 3.12. The van der Waals surface area contributed by atoms with Gasteiger partial charge in [0.2, 0.25) is 0 Å². The molecule has 0 aromatic heterocycles. The second kappa shape index (κ2) is 4.09. The lowest BCUT2D eigenvalue weighted by molar-refractivity contribution is 0.132. The fourth-order valence-corrected chi connectivity index (χ4v) is 1.09. The highest BCUT2D eigenvalue weighted by Crippen LogP contribution is 2.23. The Kier molecular flexibility index (Phi) is 3.08. The van der Waals surface area contributed by atoms with Crippen LogP contribution in [0, 0.1) is 0 Å². The molecule has 0 spiro atoms. The van der Waals surface area contributed by atoms with Crippen LogP contribution < -0.4 is 10.2 Å². The molecule has 0 aliphatic heterocycles. The molecule has 0 aliphatic rings. The number of hydrogen-bond donors (Lipinski definition) is 2. The van der Waals surface area contributed by atoms with Crippen LogP contribution in [0.1, 0.15) is 18.5 Å². The van der Waals surface area contributed by atoms with E-state index in [0.717, 1.165) is 11.3 Å². The van der Waals surface area contributed by atoms with Crippen LogP contribution in [0.3, 0.4) is 0 Å². The molecule has 1 rings (SSSR count). The van der Waals surface area contributed by atoms with Crippen LogP contribution >= 0.6 is 0 Å². The number of rotatable bonds is 3. The number of hydroxylamine groups is 1. The van der Waals surface area contributed by atoms with Crippen molar-refractivity contribution in [2.45, 2.75) is 13.0 Å². The summed E-state index contributed by atoms with van der Waals surface area (Å²) in [6.45, 7) is 1.86. The van der Waals surface area contributed by atoms with Gasteiger partial charge in [-0.1, -0.05) is 18.2 Å². The predicted octanol–water partition coefficient (Wildman–Crippen LogP) is 1.73. The fourth-order valence-electron chi connectivity index (χ4n) is 1.09. The summed E-state index contributed by atoms with van der Waals surface area (Å²) >= 11 is 0. The number of nitrogens with one attached hydrogen (secondary N) is 1. The lowest BCUT2D eigenvalue weighted by Gasteiger charge is -2.12. The van der Waals surface area contributed by atoms with Gasteiger partial charge in [0.15, 0.2) is 0 Å². The van der Waals surface area contributed by atoms with E-state index in [1.54, 1.807) is 7.11 Å². The molecule has 66 valence electrons. The molecular weight excluding hydrogens is 154 g/mol. The largest absolute Gasteiger partial charge is 0.496 e. The number of benzene rings is 1. The molecule has 3 nitrogen and oxygen atoms in total. The Bertz CT molecular complexity index is 250. The summed E-state index contributed by atoms with van der Waals surface area (Å²) in [5.74, 6) is 0.784. The first-order chi connectivity index (χ1) is 5.79. The van der Waals surface area contributed by atoms with Crippen LogP contribution in [-0.2, 0) is 0 Å². The molecule has 0 bridgehead atoms. The monoisotopic (exact) mass is 167 g/mol. The van der Waals surface area contributed by atoms with Gasteiger partial charge in [-0.25, -0.2) is 0 Å². The van der Waals surface area contributed by atoms with Crippen molar-refractivity contribution >= 4 is 0 Å². The second-order valence-corrected chi connectivity index (χ2v) is 2.59. The lowest BCUT2D eigenvalue weighted by atomic mass is 10.1. The number of hydrogen-bond acceptors (Lipinski definition) is 3. The molecule has 0 aliphatic carbocycles. The van der Waals surface area contributed by atoms with Gasteiger partial charge in [0.1, 0.15) is 5.75 Å². The molecule has 1 aromatic carbocycles. The van der Waals surface area contributed by atoms with Crippen LogP contribution in [0.15, 0.2) is 24.3 Å². The average molecular weight is 167 g/mol. The van der Waals surface area contributed by atoms with Crippen LogP contribution in [0.4, 0.5) is 0 Å². The van der Waals surface area contributed by atoms with E-state index < -0.39 is 0 Å². The quantitative estimate of drug-likeness (QED) is 0.674. The minimum Gasteiger partial charge on any atom is -0.496 e. The van der Waals surface area contributed by atoms with Gasteiger partial charge in [-0.2, -0.15) is 5.48 Å². The maximum Gasteiger partial charge on any atom is 0.123 e. The number of methoxy groups -OCH3 is 1. The Labute approximate surface area is 71.9 Å². The first-order valence-corrected chi connectivity index (χ1v) is 3.82. The molecule has 0 saturated heterocycles. The average Bonchev–Trinajstić information content (AvgIpc) is 2.16. The minimum absolute atomic E-state index is 0.110. The highest BCUT2D eigenvalue weighted by atomic mass is 16.5. The standard InChI is InChI=1S/C9H13NO2/c1-7(10-11)8-5-3-4-6-9(8)12-2/h3-7,10-11H,1-2H3/t7-/m1/s1. The maximum absolute atomic E-state index is 8.70. The van der Waals surface area contributed by atoms with E-state index >= 15 is 0 Å². The number of para-hydroxylation sites is 1. The van der Waals surface area contributed by atoms with Gasteiger partial charge in [0, 0.05) is 5.56 Å². The Morgan fingerprint density at radius 2 is 2.08 bits per heavy atom. The fraction of sp³-hybridized carbons (Fsp3) is 0.333. The third-order valence-electron chi connectivity index (χ3n) is 1.80. The third kappa shape index (κ3) is 1.75. The van der Waals surface area contributed by atoms with E-state index in [0.29, 0.717) is 0 Å². The molecule has 0 amide bonds.